The molecule has 0 fully saturated rings. The number of amides is 1. The zero-order chi connectivity index (χ0) is 21.5. The molecule has 1 N–H and O–H groups in total. The number of ether oxygens (including phenoxy) is 2. The number of rotatable bonds is 9. The van der Waals surface area contributed by atoms with E-state index in [0.717, 1.165) is 0 Å². The van der Waals surface area contributed by atoms with Crippen molar-refractivity contribution in [3.8, 4) is 22.8 Å². The van der Waals surface area contributed by atoms with E-state index in [1.807, 2.05) is 11.9 Å². The van der Waals surface area contributed by atoms with Crippen LogP contribution in [0.15, 0.2) is 53.1 Å². The number of nitrogens with one attached hydrogen (secondary N) is 1. The number of anilines is 1. The highest BCUT2D eigenvalue weighted by Crippen LogP contribution is 2.33. The number of carbonyl (C=O) groups excluding carboxylic acids is 1. The zero-order valence-electron chi connectivity index (χ0n) is 17.1. The number of aromatic nitrogens is 1. The van der Waals surface area contributed by atoms with Gasteiger partial charge in [-0.25, -0.2) is 4.39 Å². The molecule has 0 saturated heterocycles. The minimum atomic E-state index is -0.347. The van der Waals surface area contributed by atoms with Crippen LogP contribution in [0.1, 0.15) is 16.9 Å². The highest BCUT2D eigenvalue weighted by Gasteiger charge is 2.17. The molecule has 2 aromatic carbocycles. The normalized spacial score (nSPS) is 10.5. The summed E-state index contributed by atoms with van der Waals surface area (Å²) in [6.07, 6.45) is 0.644. The van der Waals surface area contributed by atoms with Gasteiger partial charge in [-0.15, -0.1) is 0 Å². The number of hydrogen-bond acceptors (Lipinski definition) is 6. The summed E-state index contributed by atoms with van der Waals surface area (Å²) in [4.78, 5) is 14.2. The number of halogens is 1. The first-order valence-electron chi connectivity index (χ1n) is 9.46. The Morgan fingerprint density at radius 3 is 2.70 bits per heavy atom. The summed E-state index contributed by atoms with van der Waals surface area (Å²) in [7, 11) is 4.92. The average Bonchev–Trinajstić information content (AvgIpc) is 3.26. The first-order chi connectivity index (χ1) is 14.5. The van der Waals surface area contributed by atoms with Gasteiger partial charge in [0.05, 0.1) is 25.5 Å². The lowest BCUT2D eigenvalue weighted by Gasteiger charge is -2.19. The third-order valence-corrected chi connectivity index (χ3v) is 4.63. The minimum Gasteiger partial charge on any atom is -0.497 e. The Bertz CT molecular complexity index is 1010. The van der Waals surface area contributed by atoms with Crippen LogP contribution in [-0.4, -0.2) is 45.4 Å². The second-order valence-electron chi connectivity index (χ2n) is 6.63. The van der Waals surface area contributed by atoms with Gasteiger partial charge in [-0.2, -0.15) is 0 Å². The maximum absolute atomic E-state index is 13.8. The van der Waals surface area contributed by atoms with Crippen LogP contribution in [0.3, 0.4) is 0 Å². The van der Waals surface area contributed by atoms with E-state index in [9.17, 15) is 9.18 Å². The van der Waals surface area contributed by atoms with E-state index in [2.05, 4.69) is 10.5 Å². The van der Waals surface area contributed by atoms with Crippen LogP contribution >= 0.6 is 0 Å². The number of nitrogens with zero attached hydrogens (tertiary/aromatic N) is 2. The molecule has 0 radical (unpaired) electrons. The lowest BCUT2D eigenvalue weighted by molar-refractivity contribution is 0.0944. The third-order valence-electron chi connectivity index (χ3n) is 4.63. The summed E-state index contributed by atoms with van der Waals surface area (Å²) < 4.78 is 29.7. The van der Waals surface area contributed by atoms with Crippen molar-refractivity contribution in [3.63, 3.8) is 0 Å². The molecule has 0 aliphatic carbocycles. The number of para-hydroxylation sites is 1. The van der Waals surface area contributed by atoms with Gasteiger partial charge < -0.3 is 24.2 Å². The second kappa shape index (κ2) is 9.78. The number of benzene rings is 2. The molecule has 0 aliphatic rings. The van der Waals surface area contributed by atoms with E-state index in [1.165, 1.54) is 6.07 Å². The topological polar surface area (TPSA) is 76.8 Å². The summed E-state index contributed by atoms with van der Waals surface area (Å²) in [6, 6.07) is 13.4. The molecule has 0 unspecified atom stereocenters. The number of hydrogen-bond donors (Lipinski definition) is 1. The third kappa shape index (κ3) is 4.89. The summed E-state index contributed by atoms with van der Waals surface area (Å²) in [5.41, 5.74) is 1.32. The van der Waals surface area contributed by atoms with Gasteiger partial charge in [0.2, 0.25) is 0 Å². The standard InChI is InChI=1S/C22H24FN3O4/c1-26(19-8-5-4-7-17(19)23)12-6-11-24-22(27)18-14-21(30-25-18)16-13-15(28-2)9-10-20(16)29-3/h4-5,7-10,13-14H,6,11-12H2,1-3H3,(H,24,27). The van der Waals surface area contributed by atoms with Crippen LogP contribution in [0.25, 0.3) is 11.3 Å². The van der Waals surface area contributed by atoms with Gasteiger partial charge in [0.25, 0.3) is 5.91 Å². The van der Waals surface area contributed by atoms with Gasteiger partial charge in [-0.1, -0.05) is 17.3 Å². The second-order valence-corrected chi connectivity index (χ2v) is 6.63. The first kappa shape index (κ1) is 21.2. The Morgan fingerprint density at radius 1 is 1.17 bits per heavy atom. The molecule has 0 atom stereocenters. The molecular formula is C22H24FN3O4. The molecule has 0 spiro atoms. The molecule has 30 heavy (non-hydrogen) atoms. The molecule has 0 aliphatic heterocycles. The van der Waals surface area contributed by atoms with Crippen LogP contribution in [-0.2, 0) is 0 Å². The van der Waals surface area contributed by atoms with Crippen LogP contribution < -0.4 is 19.7 Å². The van der Waals surface area contributed by atoms with E-state index in [1.54, 1.807) is 56.7 Å². The van der Waals surface area contributed by atoms with Crippen LogP contribution in [0, 0.1) is 5.82 Å². The first-order valence-corrected chi connectivity index (χ1v) is 9.46. The van der Waals surface area contributed by atoms with Gasteiger partial charge >= 0.3 is 0 Å². The van der Waals surface area contributed by atoms with E-state index in [-0.39, 0.29) is 17.4 Å². The number of methoxy groups -OCH3 is 2. The maximum Gasteiger partial charge on any atom is 0.273 e. The SMILES string of the molecule is COc1ccc(OC)c(-c2cc(C(=O)NCCCN(C)c3ccccc3F)no2)c1. The Hall–Kier alpha value is -3.55. The smallest absolute Gasteiger partial charge is 0.273 e. The molecule has 1 amide bonds. The predicted octanol–water partition coefficient (Wildman–Crippen LogP) is 3.75. The Morgan fingerprint density at radius 2 is 1.97 bits per heavy atom. The quantitative estimate of drug-likeness (QED) is 0.539. The van der Waals surface area contributed by atoms with Crippen LogP contribution in [0.4, 0.5) is 10.1 Å². The van der Waals surface area contributed by atoms with Crippen LogP contribution in [0.2, 0.25) is 0 Å². The summed E-state index contributed by atoms with van der Waals surface area (Å²) in [5, 5.41) is 6.65. The zero-order valence-corrected chi connectivity index (χ0v) is 17.1. The molecule has 0 bridgehead atoms. The van der Waals surface area contributed by atoms with Gasteiger partial charge in [0, 0.05) is 26.2 Å². The largest absolute Gasteiger partial charge is 0.497 e. The van der Waals surface area contributed by atoms with Crippen LogP contribution in [0.5, 0.6) is 11.5 Å². The van der Waals surface area contributed by atoms with Crippen molar-refractivity contribution in [2.45, 2.75) is 6.42 Å². The van der Waals surface area contributed by atoms with Crippen molar-refractivity contribution in [1.29, 1.82) is 0 Å². The molecule has 8 heteroatoms. The maximum atomic E-state index is 13.8. The van der Waals surface area contributed by atoms with Gasteiger partial charge in [0.1, 0.15) is 17.3 Å². The highest BCUT2D eigenvalue weighted by atomic mass is 19.1. The van der Waals surface area contributed by atoms with E-state index >= 15 is 0 Å². The number of carbonyl (C=O) groups is 1. The fourth-order valence-electron chi connectivity index (χ4n) is 3.01. The Balaban J connectivity index is 1.56. The van der Waals surface area contributed by atoms with Gasteiger partial charge in [-0.05, 0) is 36.8 Å². The fraction of sp³-hybridized carbons (Fsp3) is 0.273. The van der Waals surface area contributed by atoms with Crippen molar-refractivity contribution >= 4 is 11.6 Å². The predicted molar refractivity (Wildman–Crippen MR) is 112 cm³/mol. The molecule has 1 aromatic heterocycles. The average molecular weight is 413 g/mol. The molecule has 158 valence electrons. The van der Waals surface area contributed by atoms with Crippen molar-refractivity contribution < 1.29 is 23.2 Å². The summed E-state index contributed by atoms with van der Waals surface area (Å²) in [6.45, 7) is 1.01. The van der Waals surface area contributed by atoms with E-state index in [0.29, 0.717) is 48.0 Å². The molecule has 0 saturated carbocycles. The molecule has 1 heterocycles. The molecular weight excluding hydrogens is 389 g/mol. The Labute approximate surface area is 174 Å². The monoisotopic (exact) mass is 413 g/mol. The minimum absolute atomic E-state index is 0.164. The van der Waals surface area contributed by atoms with Gasteiger partial charge in [0.15, 0.2) is 11.5 Å². The fourth-order valence-corrected chi connectivity index (χ4v) is 3.01. The van der Waals surface area contributed by atoms with Crippen molar-refractivity contribution in [2.75, 3.05) is 39.3 Å². The lowest BCUT2D eigenvalue weighted by Crippen LogP contribution is -2.28. The molecule has 3 aromatic rings. The summed E-state index contributed by atoms with van der Waals surface area (Å²) >= 11 is 0. The van der Waals surface area contributed by atoms with E-state index < -0.39 is 0 Å². The van der Waals surface area contributed by atoms with E-state index in [4.69, 9.17) is 14.0 Å². The summed E-state index contributed by atoms with van der Waals surface area (Å²) in [5.74, 6) is 0.991. The highest BCUT2D eigenvalue weighted by molar-refractivity contribution is 5.93. The van der Waals surface area contributed by atoms with Crippen molar-refractivity contribution in [2.24, 2.45) is 0 Å². The lowest BCUT2D eigenvalue weighted by atomic mass is 10.1. The van der Waals surface area contributed by atoms with Gasteiger partial charge in [-0.3, -0.25) is 4.79 Å². The van der Waals surface area contributed by atoms with Crippen molar-refractivity contribution in [3.05, 3.63) is 60.0 Å². The Kier molecular flexibility index (Phi) is 6.90. The molecule has 7 nitrogen and oxygen atoms in total. The van der Waals surface area contributed by atoms with Crippen molar-refractivity contribution in [1.82, 2.24) is 10.5 Å². The molecule has 3 rings (SSSR count).